The van der Waals surface area contributed by atoms with E-state index in [9.17, 15) is 0 Å². The number of hydrogen-bond acceptors (Lipinski definition) is 2. The first kappa shape index (κ1) is 13.4. The van der Waals surface area contributed by atoms with Crippen molar-refractivity contribution >= 4 is 33.8 Å². The van der Waals surface area contributed by atoms with Gasteiger partial charge in [-0.2, -0.15) is 0 Å². The van der Waals surface area contributed by atoms with Gasteiger partial charge in [0.25, 0.3) is 0 Å². The van der Waals surface area contributed by atoms with Crippen LogP contribution in [0.15, 0.2) is 42.6 Å². The summed E-state index contributed by atoms with van der Waals surface area (Å²) in [5.74, 6) is 0. The molecule has 1 aromatic carbocycles. The van der Waals surface area contributed by atoms with Crippen molar-refractivity contribution in [1.82, 2.24) is 9.88 Å². The van der Waals surface area contributed by atoms with Gasteiger partial charge in [-0.05, 0) is 42.0 Å². The quantitative estimate of drug-likeness (QED) is 0.724. The summed E-state index contributed by atoms with van der Waals surface area (Å²) in [5.41, 5.74) is 2.72. The van der Waals surface area contributed by atoms with Gasteiger partial charge in [-0.3, -0.25) is 0 Å². The average Bonchev–Trinajstić information content (AvgIpc) is 3.10. The van der Waals surface area contributed by atoms with Crippen molar-refractivity contribution in [2.45, 2.75) is 32.0 Å². The SMILES string of the molecule is Clc1ccc(Cn2ccc3cccc(CNC4CC4)c32)s1. The number of fused-ring (bicyclic) bond motifs is 1. The lowest BCUT2D eigenvalue weighted by atomic mass is 10.1. The second-order valence-corrected chi connectivity index (χ2v) is 7.46. The molecule has 4 rings (SSSR count). The monoisotopic (exact) mass is 316 g/mol. The number of nitrogens with one attached hydrogen (secondary N) is 1. The molecule has 0 unspecified atom stereocenters. The fourth-order valence-electron chi connectivity index (χ4n) is 2.76. The van der Waals surface area contributed by atoms with Gasteiger partial charge in [0.2, 0.25) is 0 Å². The van der Waals surface area contributed by atoms with Crippen LogP contribution < -0.4 is 5.32 Å². The second kappa shape index (κ2) is 5.48. The number of para-hydroxylation sites is 1. The molecule has 3 aromatic rings. The Balaban J connectivity index is 1.67. The standard InChI is InChI=1S/C17H17ClN2S/c18-16-7-6-15(21-16)11-20-9-8-12-2-1-3-13(17(12)20)10-19-14-4-5-14/h1-3,6-9,14,19H,4-5,10-11H2. The Hall–Kier alpha value is -1.29. The van der Waals surface area contributed by atoms with Crippen LogP contribution in [0.4, 0.5) is 0 Å². The summed E-state index contributed by atoms with van der Waals surface area (Å²) in [5, 5.41) is 4.93. The van der Waals surface area contributed by atoms with E-state index in [-0.39, 0.29) is 0 Å². The number of halogens is 1. The Morgan fingerprint density at radius 1 is 1.19 bits per heavy atom. The molecule has 2 heterocycles. The molecule has 108 valence electrons. The Bertz CT molecular complexity index is 770. The number of nitrogens with zero attached hydrogens (tertiary/aromatic N) is 1. The molecular formula is C17H17ClN2S. The van der Waals surface area contributed by atoms with Crippen molar-refractivity contribution in [3.05, 3.63) is 57.4 Å². The molecule has 1 N–H and O–H groups in total. The maximum absolute atomic E-state index is 6.04. The predicted molar refractivity (Wildman–Crippen MR) is 90.2 cm³/mol. The van der Waals surface area contributed by atoms with E-state index in [1.165, 1.54) is 34.2 Å². The van der Waals surface area contributed by atoms with Crippen LogP contribution in [0.1, 0.15) is 23.3 Å². The lowest BCUT2D eigenvalue weighted by molar-refractivity contribution is 0.687. The topological polar surface area (TPSA) is 17.0 Å². The molecule has 2 aromatic heterocycles. The summed E-state index contributed by atoms with van der Waals surface area (Å²) >= 11 is 7.70. The highest BCUT2D eigenvalue weighted by Gasteiger charge is 2.20. The Morgan fingerprint density at radius 3 is 2.86 bits per heavy atom. The van der Waals surface area contributed by atoms with Crippen molar-refractivity contribution < 1.29 is 0 Å². The number of aromatic nitrogens is 1. The van der Waals surface area contributed by atoms with Gasteiger partial charge in [0.15, 0.2) is 0 Å². The minimum Gasteiger partial charge on any atom is -0.342 e. The third-order valence-electron chi connectivity index (χ3n) is 3.99. The summed E-state index contributed by atoms with van der Waals surface area (Å²) < 4.78 is 3.19. The first-order chi connectivity index (χ1) is 10.3. The molecule has 0 radical (unpaired) electrons. The van der Waals surface area contributed by atoms with Gasteiger partial charge >= 0.3 is 0 Å². The third-order valence-corrected chi connectivity index (χ3v) is 5.20. The molecule has 0 amide bonds. The molecule has 4 heteroatoms. The van der Waals surface area contributed by atoms with Crippen molar-refractivity contribution in [2.24, 2.45) is 0 Å². The van der Waals surface area contributed by atoms with E-state index >= 15 is 0 Å². The molecule has 0 aliphatic heterocycles. The first-order valence-electron chi connectivity index (χ1n) is 7.34. The molecule has 0 atom stereocenters. The van der Waals surface area contributed by atoms with E-state index in [1.807, 2.05) is 6.07 Å². The molecular weight excluding hydrogens is 300 g/mol. The van der Waals surface area contributed by atoms with Gasteiger partial charge in [0, 0.05) is 23.7 Å². The van der Waals surface area contributed by atoms with Crippen molar-refractivity contribution in [2.75, 3.05) is 0 Å². The van der Waals surface area contributed by atoms with Crippen LogP contribution in [0.3, 0.4) is 0 Å². The minimum atomic E-state index is 0.736. The second-order valence-electron chi connectivity index (χ2n) is 5.66. The molecule has 0 spiro atoms. The summed E-state index contributed by atoms with van der Waals surface area (Å²) in [6, 6.07) is 13.6. The molecule has 1 aliphatic carbocycles. The minimum absolute atomic E-state index is 0.736. The van der Waals surface area contributed by atoms with E-state index in [4.69, 9.17) is 11.6 Å². The Morgan fingerprint density at radius 2 is 2.10 bits per heavy atom. The van der Waals surface area contributed by atoms with Gasteiger partial charge in [0.1, 0.15) is 0 Å². The van der Waals surface area contributed by atoms with E-state index in [0.717, 1.165) is 23.5 Å². The molecule has 1 aliphatic rings. The van der Waals surface area contributed by atoms with E-state index in [0.29, 0.717) is 0 Å². The molecule has 1 fully saturated rings. The van der Waals surface area contributed by atoms with Crippen LogP contribution >= 0.6 is 22.9 Å². The van der Waals surface area contributed by atoms with Crippen LogP contribution in [-0.4, -0.2) is 10.6 Å². The maximum atomic E-state index is 6.04. The van der Waals surface area contributed by atoms with Gasteiger partial charge in [-0.1, -0.05) is 29.8 Å². The van der Waals surface area contributed by atoms with E-state index in [2.05, 4.69) is 46.4 Å². The highest BCUT2D eigenvalue weighted by molar-refractivity contribution is 7.16. The average molecular weight is 317 g/mol. The lowest BCUT2D eigenvalue weighted by Gasteiger charge is -2.10. The van der Waals surface area contributed by atoms with E-state index < -0.39 is 0 Å². The zero-order valence-corrected chi connectivity index (χ0v) is 13.3. The fraction of sp³-hybridized carbons (Fsp3) is 0.294. The zero-order chi connectivity index (χ0) is 14.2. The highest BCUT2D eigenvalue weighted by Crippen LogP contribution is 2.26. The third kappa shape index (κ3) is 2.86. The predicted octanol–water partition coefficient (Wildman–Crippen LogP) is 4.66. The van der Waals surface area contributed by atoms with Gasteiger partial charge in [0.05, 0.1) is 16.4 Å². The van der Waals surface area contributed by atoms with Crippen molar-refractivity contribution in [1.29, 1.82) is 0 Å². The maximum Gasteiger partial charge on any atom is 0.0931 e. The molecule has 2 nitrogen and oxygen atoms in total. The fourth-order valence-corrected chi connectivity index (χ4v) is 3.85. The van der Waals surface area contributed by atoms with Crippen LogP contribution in [0.25, 0.3) is 10.9 Å². The zero-order valence-electron chi connectivity index (χ0n) is 11.7. The van der Waals surface area contributed by atoms with Gasteiger partial charge in [-0.25, -0.2) is 0 Å². The number of rotatable bonds is 5. The number of hydrogen-bond donors (Lipinski definition) is 1. The Kier molecular flexibility index (Phi) is 3.49. The van der Waals surface area contributed by atoms with Crippen LogP contribution in [0.2, 0.25) is 4.34 Å². The van der Waals surface area contributed by atoms with Crippen LogP contribution in [-0.2, 0) is 13.1 Å². The highest BCUT2D eigenvalue weighted by atomic mass is 35.5. The van der Waals surface area contributed by atoms with E-state index in [1.54, 1.807) is 11.3 Å². The molecule has 21 heavy (non-hydrogen) atoms. The summed E-state index contributed by atoms with van der Waals surface area (Å²) in [4.78, 5) is 1.29. The first-order valence-corrected chi connectivity index (χ1v) is 8.53. The van der Waals surface area contributed by atoms with Crippen molar-refractivity contribution in [3.63, 3.8) is 0 Å². The van der Waals surface area contributed by atoms with Gasteiger partial charge in [-0.15, -0.1) is 11.3 Å². The summed E-state index contributed by atoms with van der Waals surface area (Å²) in [6.07, 6.45) is 4.83. The molecule has 0 bridgehead atoms. The number of thiophene rings is 1. The largest absolute Gasteiger partial charge is 0.342 e. The van der Waals surface area contributed by atoms with Crippen LogP contribution in [0, 0.1) is 0 Å². The molecule has 0 saturated heterocycles. The smallest absolute Gasteiger partial charge is 0.0931 e. The number of benzene rings is 1. The van der Waals surface area contributed by atoms with Crippen LogP contribution in [0.5, 0.6) is 0 Å². The normalized spacial score (nSPS) is 14.9. The summed E-state index contributed by atoms with van der Waals surface area (Å²) in [7, 11) is 0. The van der Waals surface area contributed by atoms with Gasteiger partial charge < -0.3 is 9.88 Å². The van der Waals surface area contributed by atoms with Crippen molar-refractivity contribution in [3.8, 4) is 0 Å². The lowest BCUT2D eigenvalue weighted by Crippen LogP contribution is -2.16. The molecule has 1 saturated carbocycles. The summed E-state index contributed by atoms with van der Waals surface area (Å²) in [6.45, 7) is 1.85. The Labute approximate surface area is 133 Å².